The van der Waals surface area contributed by atoms with Crippen LogP contribution in [0.5, 0.6) is 0 Å². The topological polar surface area (TPSA) is 20.3 Å². The van der Waals surface area contributed by atoms with Crippen molar-refractivity contribution in [2.75, 3.05) is 19.0 Å². The maximum Gasteiger partial charge on any atom is 0.225 e. The summed E-state index contributed by atoms with van der Waals surface area (Å²) in [6.45, 7) is 1.86. The molecule has 1 aliphatic carbocycles. The van der Waals surface area contributed by atoms with E-state index in [1.54, 1.807) is 0 Å². The summed E-state index contributed by atoms with van der Waals surface area (Å²) in [6.07, 6.45) is 4.55. The van der Waals surface area contributed by atoms with Crippen LogP contribution >= 0.6 is 11.6 Å². The third-order valence-electron chi connectivity index (χ3n) is 2.98. The minimum absolute atomic E-state index is 0.370. The quantitative estimate of drug-likeness (QED) is 0.625. The van der Waals surface area contributed by atoms with Crippen LogP contribution < -0.4 is 0 Å². The maximum absolute atomic E-state index is 11.7. The SMILES string of the molecule is O=C(C1CC1)N1CCCC(CCl)C1. The van der Waals surface area contributed by atoms with Crippen molar-refractivity contribution < 1.29 is 4.79 Å². The molecule has 1 amide bonds. The zero-order valence-electron chi connectivity index (χ0n) is 7.84. The number of carbonyl (C=O) groups is 1. The van der Waals surface area contributed by atoms with Crippen molar-refractivity contribution >= 4 is 17.5 Å². The smallest absolute Gasteiger partial charge is 0.225 e. The fourth-order valence-electron chi connectivity index (χ4n) is 1.98. The van der Waals surface area contributed by atoms with Crippen molar-refractivity contribution in [2.45, 2.75) is 25.7 Å². The zero-order chi connectivity index (χ0) is 9.26. The third-order valence-corrected chi connectivity index (χ3v) is 3.41. The Morgan fingerprint density at radius 2 is 2.15 bits per heavy atom. The Morgan fingerprint density at radius 3 is 2.77 bits per heavy atom. The van der Waals surface area contributed by atoms with Gasteiger partial charge in [-0.25, -0.2) is 0 Å². The van der Waals surface area contributed by atoms with Crippen LogP contribution in [0.1, 0.15) is 25.7 Å². The van der Waals surface area contributed by atoms with E-state index in [2.05, 4.69) is 0 Å². The Morgan fingerprint density at radius 1 is 1.38 bits per heavy atom. The lowest BCUT2D eigenvalue weighted by Crippen LogP contribution is -2.41. The molecule has 0 aromatic rings. The van der Waals surface area contributed by atoms with Crippen LogP contribution in [0.4, 0.5) is 0 Å². The van der Waals surface area contributed by atoms with E-state index in [0.29, 0.717) is 23.6 Å². The first-order chi connectivity index (χ1) is 6.31. The Labute approximate surface area is 84.2 Å². The second kappa shape index (κ2) is 3.87. The standard InChI is InChI=1S/C10H16ClNO/c11-6-8-2-1-5-12(7-8)10(13)9-3-4-9/h8-9H,1-7H2. The molecule has 1 saturated carbocycles. The predicted octanol–water partition coefficient (Wildman–Crippen LogP) is 1.87. The van der Waals surface area contributed by atoms with E-state index in [1.807, 2.05) is 4.90 Å². The highest BCUT2D eigenvalue weighted by Gasteiger charge is 2.35. The van der Waals surface area contributed by atoms with Gasteiger partial charge in [0.15, 0.2) is 0 Å². The lowest BCUT2D eigenvalue weighted by molar-refractivity contribution is -0.134. The van der Waals surface area contributed by atoms with Crippen LogP contribution in [0.15, 0.2) is 0 Å². The lowest BCUT2D eigenvalue weighted by Gasteiger charge is -2.31. The molecule has 1 saturated heterocycles. The number of alkyl halides is 1. The first-order valence-electron chi connectivity index (χ1n) is 5.16. The largest absolute Gasteiger partial charge is 0.342 e. The number of piperidine rings is 1. The summed E-state index contributed by atoms with van der Waals surface area (Å²) in [6, 6.07) is 0. The van der Waals surface area contributed by atoms with Crippen molar-refractivity contribution in [1.82, 2.24) is 4.90 Å². The van der Waals surface area contributed by atoms with Gasteiger partial charge >= 0.3 is 0 Å². The number of nitrogens with zero attached hydrogens (tertiary/aromatic N) is 1. The summed E-state index contributed by atoms with van der Waals surface area (Å²) < 4.78 is 0. The Bertz CT molecular complexity index is 203. The molecule has 3 heteroatoms. The van der Waals surface area contributed by atoms with E-state index < -0.39 is 0 Å². The van der Waals surface area contributed by atoms with E-state index in [-0.39, 0.29) is 0 Å². The molecule has 1 heterocycles. The van der Waals surface area contributed by atoms with Crippen LogP contribution in [-0.2, 0) is 4.79 Å². The van der Waals surface area contributed by atoms with Crippen molar-refractivity contribution in [3.8, 4) is 0 Å². The summed E-state index contributed by atoms with van der Waals surface area (Å²) in [7, 11) is 0. The molecule has 13 heavy (non-hydrogen) atoms. The normalized spacial score (nSPS) is 29.0. The van der Waals surface area contributed by atoms with E-state index >= 15 is 0 Å². The van der Waals surface area contributed by atoms with Crippen LogP contribution in [0, 0.1) is 11.8 Å². The second-order valence-electron chi connectivity index (χ2n) is 4.22. The van der Waals surface area contributed by atoms with Crippen LogP contribution in [0.25, 0.3) is 0 Å². The summed E-state index contributed by atoms with van der Waals surface area (Å²) >= 11 is 5.81. The first-order valence-corrected chi connectivity index (χ1v) is 5.69. The van der Waals surface area contributed by atoms with E-state index in [4.69, 9.17) is 11.6 Å². The molecular weight excluding hydrogens is 186 g/mol. The average molecular weight is 202 g/mol. The minimum Gasteiger partial charge on any atom is -0.342 e. The second-order valence-corrected chi connectivity index (χ2v) is 4.53. The average Bonchev–Trinajstić information content (AvgIpc) is 3.00. The van der Waals surface area contributed by atoms with Crippen LogP contribution in [0.3, 0.4) is 0 Å². The Balaban J connectivity index is 1.87. The van der Waals surface area contributed by atoms with Gasteiger partial charge in [0.05, 0.1) is 0 Å². The number of rotatable bonds is 2. The van der Waals surface area contributed by atoms with Crippen LogP contribution in [0.2, 0.25) is 0 Å². The van der Waals surface area contributed by atoms with Gasteiger partial charge in [0, 0.05) is 24.9 Å². The highest BCUT2D eigenvalue weighted by Crippen LogP contribution is 2.32. The summed E-state index contributed by atoms with van der Waals surface area (Å²) in [4.78, 5) is 13.7. The summed E-state index contributed by atoms with van der Waals surface area (Å²) in [5.74, 6) is 2.00. The van der Waals surface area contributed by atoms with Crippen molar-refractivity contribution in [2.24, 2.45) is 11.8 Å². The molecule has 2 rings (SSSR count). The Kier molecular flexibility index (Phi) is 2.77. The van der Waals surface area contributed by atoms with Gasteiger partial charge in [0.25, 0.3) is 0 Å². The predicted molar refractivity (Wildman–Crippen MR) is 52.7 cm³/mol. The molecule has 0 aromatic heterocycles. The van der Waals surface area contributed by atoms with Gasteiger partial charge in [-0.1, -0.05) is 0 Å². The molecule has 0 spiro atoms. The maximum atomic E-state index is 11.7. The van der Waals surface area contributed by atoms with Gasteiger partial charge in [0.1, 0.15) is 0 Å². The van der Waals surface area contributed by atoms with Gasteiger partial charge in [-0.3, -0.25) is 4.79 Å². The van der Waals surface area contributed by atoms with Gasteiger partial charge in [0.2, 0.25) is 5.91 Å². The van der Waals surface area contributed by atoms with E-state index in [0.717, 1.165) is 32.4 Å². The monoisotopic (exact) mass is 201 g/mol. The molecule has 2 fully saturated rings. The summed E-state index contributed by atoms with van der Waals surface area (Å²) in [5, 5.41) is 0. The van der Waals surface area contributed by atoms with Gasteiger partial charge in [-0.15, -0.1) is 11.6 Å². The molecule has 1 unspecified atom stereocenters. The lowest BCUT2D eigenvalue weighted by atomic mass is 10.00. The van der Waals surface area contributed by atoms with Crippen LogP contribution in [-0.4, -0.2) is 29.8 Å². The van der Waals surface area contributed by atoms with E-state index in [9.17, 15) is 4.79 Å². The van der Waals surface area contributed by atoms with Gasteiger partial charge in [-0.2, -0.15) is 0 Å². The fraction of sp³-hybridized carbons (Fsp3) is 0.900. The molecular formula is C10H16ClNO. The van der Waals surface area contributed by atoms with Crippen molar-refractivity contribution in [3.63, 3.8) is 0 Å². The molecule has 2 aliphatic rings. The van der Waals surface area contributed by atoms with Crippen molar-refractivity contribution in [3.05, 3.63) is 0 Å². The third kappa shape index (κ3) is 2.16. The highest BCUT2D eigenvalue weighted by molar-refractivity contribution is 6.18. The molecule has 0 aromatic carbocycles. The molecule has 0 radical (unpaired) electrons. The summed E-state index contributed by atoms with van der Waals surface area (Å²) in [5.41, 5.74) is 0. The number of hydrogen-bond donors (Lipinski definition) is 0. The minimum atomic E-state index is 0.370. The molecule has 1 aliphatic heterocycles. The van der Waals surface area contributed by atoms with Gasteiger partial charge in [-0.05, 0) is 31.6 Å². The fourth-order valence-corrected chi connectivity index (χ4v) is 2.23. The van der Waals surface area contributed by atoms with Gasteiger partial charge < -0.3 is 4.90 Å². The van der Waals surface area contributed by atoms with E-state index in [1.165, 1.54) is 6.42 Å². The highest BCUT2D eigenvalue weighted by atomic mass is 35.5. The number of halogens is 1. The molecule has 0 N–H and O–H groups in total. The Hall–Kier alpha value is -0.240. The molecule has 2 nitrogen and oxygen atoms in total. The first kappa shape index (κ1) is 9.32. The number of amides is 1. The number of hydrogen-bond acceptors (Lipinski definition) is 1. The number of carbonyl (C=O) groups excluding carboxylic acids is 1. The number of likely N-dealkylation sites (tertiary alicyclic amines) is 1. The molecule has 1 atom stereocenters. The molecule has 74 valence electrons. The van der Waals surface area contributed by atoms with Crippen molar-refractivity contribution in [1.29, 1.82) is 0 Å². The molecule has 0 bridgehead atoms. The zero-order valence-corrected chi connectivity index (χ0v) is 8.59.